The molecule has 5 atom stereocenters. The first kappa shape index (κ1) is 27.1. The van der Waals surface area contributed by atoms with Crippen molar-refractivity contribution in [3.8, 4) is 0 Å². The van der Waals surface area contributed by atoms with Crippen molar-refractivity contribution in [3.63, 3.8) is 0 Å². The van der Waals surface area contributed by atoms with Gasteiger partial charge in [0.25, 0.3) is 0 Å². The van der Waals surface area contributed by atoms with Crippen LogP contribution in [0.2, 0.25) is 0 Å². The molecule has 1 aliphatic rings. The normalized spacial score (nSPS) is 27.0. The molecule has 0 aromatic heterocycles. The first-order valence-electron chi connectivity index (χ1n) is 8.97. The van der Waals surface area contributed by atoms with E-state index in [1.807, 2.05) is 0 Å². The first-order valence-corrected chi connectivity index (χ1v) is 12.4. The van der Waals surface area contributed by atoms with Gasteiger partial charge < -0.3 is 14.9 Å². The van der Waals surface area contributed by atoms with Crippen LogP contribution in [0.25, 0.3) is 0 Å². The van der Waals surface area contributed by atoms with E-state index < -0.39 is 44.2 Å². The van der Waals surface area contributed by atoms with Crippen LogP contribution in [-0.4, -0.2) is 83.9 Å². The Morgan fingerprint density at radius 2 is 1.62 bits per heavy atom. The molecule has 5 unspecified atom stereocenters. The maximum absolute atomic E-state index is 12.8. The molecule has 1 fully saturated rings. The lowest BCUT2D eigenvalue weighted by Gasteiger charge is -2.21. The minimum absolute atomic E-state index is 0.0407. The Balaban J connectivity index is 2.57. The highest BCUT2D eigenvalue weighted by Gasteiger charge is 2.41. The van der Waals surface area contributed by atoms with Crippen LogP contribution >= 0.6 is 31.3 Å². The van der Waals surface area contributed by atoms with Gasteiger partial charge in [0.15, 0.2) is 10.2 Å². The van der Waals surface area contributed by atoms with Gasteiger partial charge in [-0.2, -0.15) is 0 Å². The summed E-state index contributed by atoms with van der Waals surface area (Å²) in [4.78, 5) is 22.9. The van der Waals surface area contributed by atoms with Crippen LogP contribution < -0.4 is 0 Å². The summed E-state index contributed by atoms with van der Waals surface area (Å²) in [6, 6.07) is -1.09. The van der Waals surface area contributed by atoms with E-state index in [-0.39, 0.29) is 35.0 Å². The molecule has 0 bridgehead atoms. The van der Waals surface area contributed by atoms with Crippen LogP contribution in [0.1, 0.15) is 27.7 Å². The molecule has 1 aliphatic heterocycles. The van der Waals surface area contributed by atoms with Crippen molar-refractivity contribution >= 4 is 49.4 Å². The summed E-state index contributed by atoms with van der Waals surface area (Å²) in [5.41, 5.74) is -0.513. The second-order valence-electron chi connectivity index (χ2n) is 7.26. The SMILES string of the molecule is [B]C1OC(COP(=O)(OCCSC(C)=O)OCCSC(=O)C(C)(C)C)C(O)C1O. The summed E-state index contributed by atoms with van der Waals surface area (Å²) < 4.78 is 33.7. The molecule has 0 amide bonds. The van der Waals surface area contributed by atoms with E-state index in [9.17, 15) is 24.4 Å². The van der Waals surface area contributed by atoms with Gasteiger partial charge in [0, 0.05) is 29.8 Å². The Bertz CT molecular complexity index is 601. The van der Waals surface area contributed by atoms with Crippen LogP contribution in [0.5, 0.6) is 0 Å². The topological polar surface area (TPSA) is 129 Å². The van der Waals surface area contributed by atoms with Crippen LogP contribution in [-0.2, 0) is 32.5 Å². The molecule has 0 aromatic carbocycles. The van der Waals surface area contributed by atoms with Gasteiger partial charge in [-0.15, -0.1) is 0 Å². The fourth-order valence-electron chi connectivity index (χ4n) is 2.03. The van der Waals surface area contributed by atoms with Gasteiger partial charge in [-0.05, 0) is 0 Å². The zero-order valence-electron chi connectivity index (χ0n) is 16.9. The van der Waals surface area contributed by atoms with Gasteiger partial charge >= 0.3 is 7.82 Å². The quantitative estimate of drug-likeness (QED) is 0.258. The Morgan fingerprint density at radius 1 is 1.07 bits per heavy atom. The van der Waals surface area contributed by atoms with Gasteiger partial charge in [0.05, 0.1) is 25.9 Å². The van der Waals surface area contributed by atoms with E-state index >= 15 is 0 Å². The number of thioether (sulfide) groups is 2. The molecule has 166 valence electrons. The summed E-state index contributed by atoms with van der Waals surface area (Å²) >= 11 is 2.03. The van der Waals surface area contributed by atoms with Gasteiger partial charge in [0.2, 0.25) is 0 Å². The molecular formula is C16H28BO9PS2. The zero-order chi connectivity index (χ0) is 22.2. The van der Waals surface area contributed by atoms with Gasteiger partial charge in [-0.3, -0.25) is 23.2 Å². The van der Waals surface area contributed by atoms with Crippen molar-refractivity contribution in [2.45, 2.75) is 52.0 Å². The second-order valence-corrected chi connectivity index (χ2v) is 11.3. The average molecular weight is 470 g/mol. The van der Waals surface area contributed by atoms with Crippen molar-refractivity contribution in [2.24, 2.45) is 5.41 Å². The number of phosphoric acid groups is 1. The molecule has 2 radical (unpaired) electrons. The third-order valence-electron chi connectivity index (χ3n) is 3.61. The fraction of sp³-hybridized carbons (Fsp3) is 0.875. The molecular weight excluding hydrogens is 442 g/mol. The van der Waals surface area contributed by atoms with Crippen molar-refractivity contribution < 1.29 is 42.7 Å². The third-order valence-corrected chi connectivity index (χ3v) is 7.10. The monoisotopic (exact) mass is 470 g/mol. The Kier molecular flexibility index (Phi) is 11.4. The molecule has 1 saturated heterocycles. The molecule has 1 rings (SSSR count). The highest BCUT2D eigenvalue weighted by Crippen LogP contribution is 2.50. The average Bonchev–Trinajstić information content (AvgIpc) is 2.87. The van der Waals surface area contributed by atoms with Gasteiger partial charge in [-0.1, -0.05) is 44.3 Å². The Labute approximate surface area is 181 Å². The van der Waals surface area contributed by atoms with E-state index in [4.69, 9.17) is 26.2 Å². The maximum Gasteiger partial charge on any atom is 0.474 e. The number of carbonyl (C=O) groups is 2. The number of aliphatic hydroxyl groups excluding tert-OH is 2. The molecule has 0 spiro atoms. The van der Waals surface area contributed by atoms with E-state index in [0.717, 1.165) is 23.5 Å². The van der Waals surface area contributed by atoms with E-state index in [0.29, 0.717) is 0 Å². The standard InChI is InChI=1S/C16H28BO9PS2/c1-10(18)28-7-5-23-27(22,24-6-8-29-15(21)16(2,3)4)25-9-11-12(19)13(20)14(17)26-11/h11-14,19-20H,5-9H2,1-4H3. The lowest BCUT2D eigenvalue weighted by atomic mass is 9.93. The van der Waals surface area contributed by atoms with Crippen molar-refractivity contribution in [1.82, 2.24) is 0 Å². The summed E-state index contributed by atoms with van der Waals surface area (Å²) in [6.07, 6.45) is -3.62. The lowest BCUT2D eigenvalue weighted by molar-refractivity contribution is -0.117. The Hall–Kier alpha value is 0.0949. The van der Waals surface area contributed by atoms with Gasteiger partial charge in [-0.25, -0.2) is 4.57 Å². The summed E-state index contributed by atoms with van der Waals surface area (Å²) in [5.74, 6) is 0.483. The predicted molar refractivity (Wildman–Crippen MR) is 112 cm³/mol. The van der Waals surface area contributed by atoms with Crippen molar-refractivity contribution in [1.29, 1.82) is 0 Å². The Morgan fingerprint density at radius 3 is 2.07 bits per heavy atom. The molecule has 0 saturated carbocycles. The summed E-state index contributed by atoms with van der Waals surface area (Å²) in [7, 11) is 1.44. The zero-order valence-corrected chi connectivity index (χ0v) is 19.5. The highest BCUT2D eigenvalue weighted by molar-refractivity contribution is 8.13. The first-order chi connectivity index (χ1) is 13.4. The molecule has 0 aromatic rings. The molecule has 0 aliphatic carbocycles. The largest absolute Gasteiger partial charge is 0.474 e. The number of phosphoric ester groups is 1. The molecule has 29 heavy (non-hydrogen) atoms. The number of hydrogen-bond acceptors (Lipinski definition) is 11. The number of aliphatic hydroxyl groups is 2. The summed E-state index contributed by atoms with van der Waals surface area (Å²) in [6.45, 7) is 6.22. The number of carbonyl (C=O) groups excluding carboxylic acids is 2. The summed E-state index contributed by atoms with van der Waals surface area (Å²) in [5, 5.41) is 19.3. The van der Waals surface area contributed by atoms with Crippen LogP contribution in [0, 0.1) is 5.41 Å². The van der Waals surface area contributed by atoms with E-state index in [2.05, 4.69) is 0 Å². The van der Waals surface area contributed by atoms with E-state index in [1.165, 1.54) is 6.92 Å². The smallest absolute Gasteiger partial charge is 0.388 e. The molecule has 1 heterocycles. The minimum atomic E-state index is -4.06. The van der Waals surface area contributed by atoms with Crippen LogP contribution in [0.4, 0.5) is 0 Å². The highest BCUT2D eigenvalue weighted by atomic mass is 32.2. The van der Waals surface area contributed by atoms with Gasteiger partial charge in [0.1, 0.15) is 20.1 Å². The predicted octanol–water partition coefficient (Wildman–Crippen LogP) is 1.35. The van der Waals surface area contributed by atoms with Crippen LogP contribution in [0.3, 0.4) is 0 Å². The maximum atomic E-state index is 12.8. The fourth-order valence-corrected chi connectivity index (χ4v) is 4.70. The number of ether oxygens (including phenoxy) is 1. The molecule has 13 heteroatoms. The van der Waals surface area contributed by atoms with E-state index in [1.54, 1.807) is 20.8 Å². The number of hydrogen-bond donors (Lipinski definition) is 2. The second kappa shape index (κ2) is 12.2. The van der Waals surface area contributed by atoms with Crippen molar-refractivity contribution in [2.75, 3.05) is 31.3 Å². The van der Waals surface area contributed by atoms with Crippen LogP contribution in [0.15, 0.2) is 0 Å². The number of rotatable bonds is 11. The van der Waals surface area contributed by atoms with Crippen molar-refractivity contribution in [3.05, 3.63) is 0 Å². The molecule has 2 N–H and O–H groups in total. The third kappa shape index (κ3) is 9.84. The lowest BCUT2D eigenvalue weighted by Crippen LogP contribution is -2.34. The minimum Gasteiger partial charge on any atom is -0.388 e. The molecule has 9 nitrogen and oxygen atoms in total.